The first-order valence-corrected chi connectivity index (χ1v) is 5.48. The van der Waals surface area contributed by atoms with Gasteiger partial charge in [-0.1, -0.05) is 13.8 Å². The van der Waals surface area contributed by atoms with Gasteiger partial charge in [-0.2, -0.15) is 0 Å². The Morgan fingerprint density at radius 1 is 1.40 bits per heavy atom. The minimum absolute atomic E-state index is 0.106. The molecule has 0 fully saturated rings. The Hall–Kier alpha value is -1.09. The van der Waals surface area contributed by atoms with Gasteiger partial charge in [0.05, 0.1) is 0 Å². The molecule has 0 radical (unpaired) electrons. The van der Waals surface area contributed by atoms with Gasteiger partial charge in [0.15, 0.2) is 0 Å². The van der Waals surface area contributed by atoms with Gasteiger partial charge in [-0.25, -0.2) is 0 Å². The van der Waals surface area contributed by atoms with Crippen LogP contribution in [0.2, 0.25) is 0 Å². The van der Waals surface area contributed by atoms with Gasteiger partial charge in [-0.15, -0.1) is 0 Å². The number of pyridine rings is 1. The van der Waals surface area contributed by atoms with Gasteiger partial charge in [0.25, 0.3) is 5.56 Å². The number of nitrogens with one attached hydrogen (secondary N) is 1. The molecule has 0 aromatic carbocycles. The Morgan fingerprint density at radius 3 is 2.53 bits per heavy atom. The predicted octanol–water partition coefficient (Wildman–Crippen LogP) is 1.71. The molecule has 0 aliphatic rings. The Kier molecular flexibility index (Phi) is 4.09. The van der Waals surface area contributed by atoms with Gasteiger partial charge in [0.2, 0.25) is 0 Å². The minimum Gasteiger partial charge on any atom is -0.314 e. The fraction of sp³-hybridized carbons (Fsp3) is 0.583. The zero-order valence-corrected chi connectivity index (χ0v) is 10.0. The summed E-state index contributed by atoms with van der Waals surface area (Å²) in [6, 6.07) is 3.86. The lowest BCUT2D eigenvalue weighted by Crippen LogP contribution is -2.25. The first kappa shape index (κ1) is 12.0. The third kappa shape index (κ3) is 2.69. The molecule has 1 heterocycles. The average molecular weight is 208 g/mol. The van der Waals surface area contributed by atoms with Crippen LogP contribution in [0.15, 0.2) is 16.9 Å². The van der Waals surface area contributed by atoms with Crippen molar-refractivity contribution in [1.29, 1.82) is 0 Å². The summed E-state index contributed by atoms with van der Waals surface area (Å²) in [5.74, 6) is 0.403. The monoisotopic (exact) mass is 208 g/mol. The number of aromatic nitrogens is 1. The molecule has 1 aromatic rings. The molecule has 0 aliphatic carbocycles. The van der Waals surface area contributed by atoms with Crippen molar-refractivity contribution in [3.8, 4) is 0 Å². The van der Waals surface area contributed by atoms with Crippen molar-refractivity contribution in [3.05, 3.63) is 33.7 Å². The molecule has 3 nitrogen and oxygen atoms in total. The Balaban J connectivity index is 3.25. The summed E-state index contributed by atoms with van der Waals surface area (Å²) < 4.78 is 1.81. The van der Waals surface area contributed by atoms with E-state index in [1.807, 2.05) is 18.5 Å². The van der Waals surface area contributed by atoms with E-state index in [0.717, 1.165) is 24.3 Å². The summed E-state index contributed by atoms with van der Waals surface area (Å²) in [5, 5.41) is 3.09. The van der Waals surface area contributed by atoms with Gasteiger partial charge >= 0.3 is 0 Å². The van der Waals surface area contributed by atoms with E-state index >= 15 is 0 Å². The largest absolute Gasteiger partial charge is 0.314 e. The van der Waals surface area contributed by atoms with E-state index in [1.54, 1.807) is 6.07 Å². The topological polar surface area (TPSA) is 34.0 Å². The number of hydrogen-bond acceptors (Lipinski definition) is 2. The molecule has 0 bridgehead atoms. The molecule has 1 N–H and O–H groups in total. The fourth-order valence-corrected chi connectivity index (χ4v) is 1.69. The van der Waals surface area contributed by atoms with Crippen molar-refractivity contribution in [1.82, 2.24) is 9.88 Å². The molecule has 0 aliphatic heterocycles. The van der Waals surface area contributed by atoms with Crippen molar-refractivity contribution in [2.75, 3.05) is 7.05 Å². The summed E-state index contributed by atoms with van der Waals surface area (Å²) in [6.45, 7) is 7.68. The molecular formula is C12H20N2O. The molecule has 0 saturated carbocycles. The molecule has 1 rings (SSSR count). The van der Waals surface area contributed by atoms with E-state index in [1.165, 1.54) is 0 Å². The SMILES string of the molecule is CCn1c(CNC)cc(C(C)C)cc1=O. The molecule has 0 unspecified atom stereocenters. The maximum atomic E-state index is 11.8. The van der Waals surface area contributed by atoms with Crippen molar-refractivity contribution in [3.63, 3.8) is 0 Å². The standard InChI is InChI=1S/C12H20N2O/c1-5-14-11(8-13-4)6-10(9(2)3)7-12(14)15/h6-7,9,13H,5,8H2,1-4H3. The van der Waals surface area contributed by atoms with E-state index in [4.69, 9.17) is 0 Å². The third-order valence-electron chi connectivity index (χ3n) is 2.58. The van der Waals surface area contributed by atoms with Crippen molar-refractivity contribution in [2.45, 2.75) is 39.8 Å². The van der Waals surface area contributed by atoms with Crippen LogP contribution in [-0.2, 0) is 13.1 Å². The third-order valence-corrected chi connectivity index (χ3v) is 2.58. The maximum Gasteiger partial charge on any atom is 0.251 e. The average Bonchev–Trinajstić information content (AvgIpc) is 2.17. The molecule has 0 spiro atoms. The molecule has 84 valence electrons. The van der Waals surface area contributed by atoms with Gasteiger partial charge in [0, 0.05) is 24.8 Å². The second-order valence-electron chi connectivity index (χ2n) is 4.05. The molecular weight excluding hydrogens is 188 g/mol. The number of nitrogens with zero attached hydrogens (tertiary/aromatic N) is 1. The van der Waals surface area contributed by atoms with Crippen LogP contribution in [0, 0.1) is 0 Å². The second kappa shape index (κ2) is 5.12. The fourth-order valence-electron chi connectivity index (χ4n) is 1.69. The van der Waals surface area contributed by atoms with Gasteiger partial charge in [-0.05, 0) is 31.5 Å². The Bertz CT molecular complexity index is 380. The maximum absolute atomic E-state index is 11.8. The highest BCUT2D eigenvalue weighted by Crippen LogP contribution is 2.13. The predicted molar refractivity (Wildman–Crippen MR) is 63.2 cm³/mol. The second-order valence-corrected chi connectivity index (χ2v) is 4.05. The molecule has 15 heavy (non-hydrogen) atoms. The lowest BCUT2D eigenvalue weighted by atomic mass is 10.0. The highest BCUT2D eigenvalue weighted by Gasteiger charge is 2.07. The van der Waals surface area contributed by atoms with Gasteiger partial charge in [0.1, 0.15) is 0 Å². The van der Waals surface area contributed by atoms with E-state index < -0.39 is 0 Å². The summed E-state index contributed by atoms with van der Waals surface area (Å²) in [7, 11) is 1.90. The van der Waals surface area contributed by atoms with Crippen LogP contribution in [0.3, 0.4) is 0 Å². The lowest BCUT2D eigenvalue weighted by molar-refractivity contribution is 0.638. The van der Waals surface area contributed by atoms with Crippen LogP contribution >= 0.6 is 0 Å². The first-order valence-electron chi connectivity index (χ1n) is 5.48. The van der Waals surface area contributed by atoms with Crippen LogP contribution in [0.4, 0.5) is 0 Å². The van der Waals surface area contributed by atoms with Gasteiger partial charge < -0.3 is 9.88 Å². The van der Waals surface area contributed by atoms with Gasteiger partial charge in [-0.3, -0.25) is 4.79 Å². The molecule has 1 aromatic heterocycles. The highest BCUT2D eigenvalue weighted by atomic mass is 16.1. The quantitative estimate of drug-likeness (QED) is 0.817. The zero-order valence-electron chi connectivity index (χ0n) is 10.0. The summed E-state index contributed by atoms with van der Waals surface area (Å²) in [6.07, 6.45) is 0. The Labute approximate surface area is 91.1 Å². The smallest absolute Gasteiger partial charge is 0.251 e. The highest BCUT2D eigenvalue weighted by molar-refractivity contribution is 5.21. The Morgan fingerprint density at radius 2 is 2.07 bits per heavy atom. The van der Waals surface area contributed by atoms with E-state index in [0.29, 0.717) is 5.92 Å². The van der Waals surface area contributed by atoms with Crippen molar-refractivity contribution >= 4 is 0 Å². The van der Waals surface area contributed by atoms with Crippen LogP contribution < -0.4 is 10.9 Å². The van der Waals surface area contributed by atoms with Crippen LogP contribution in [0.25, 0.3) is 0 Å². The van der Waals surface area contributed by atoms with Crippen LogP contribution in [0.1, 0.15) is 37.9 Å². The summed E-state index contributed by atoms with van der Waals surface area (Å²) in [5.41, 5.74) is 2.29. The molecule has 3 heteroatoms. The lowest BCUT2D eigenvalue weighted by Gasteiger charge is -2.14. The van der Waals surface area contributed by atoms with Crippen LogP contribution in [-0.4, -0.2) is 11.6 Å². The van der Waals surface area contributed by atoms with E-state index in [2.05, 4.69) is 25.2 Å². The minimum atomic E-state index is 0.106. The van der Waals surface area contributed by atoms with Crippen molar-refractivity contribution in [2.24, 2.45) is 0 Å². The normalized spacial score (nSPS) is 11.0. The van der Waals surface area contributed by atoms with Crippen molar-refractivity contribution < 1.29 is 0 Å². The summed E-state index contributed by atoms with van der Waals surface area (Å²) >= 11 is 0. The molecule has 0 atom stereocenters. The number of rotatable bonds is 4. The summed E-state index contributed by atoms with van der Waals surface area (Å²) in [4.78, 5) is 11.8. The molecule has 0 amide bonds. The zero-order chi connectivity index (χ0) is 11.4. The number of hydrogen-bond donors (Lipinski definition) is 1. The van der Waals surface area contributed by atoms with Crippen LogP contribution in [0.5, 0.6) is 0 Å². The molecule has 0 saturated heterocycles. The van der Waals surface area contributed by atoms with E-state index in [-0.39, 0.29) is 5.56 Å². The van der Waals surface area contributed by atoms with E-state index in [9.17, 15) is 4.79 Å². The first-order chi connectivity index (χ1) is 7.10.